The van der Waals surface area contributed by atoms with E-state index in [0.29, 0.717) is 12.6 Å². The summed E-state index contributed by atoms with van der Waals surface area (Å²) < 4.78 is 23.1. The van der Waals surface area contributed by atoms with Gasteiger partial charge in [-0.25, -0.2) is 0 Å². The summed E-state index contributed by atoms with van der Waals surface area (Å²) in [7, 11) is 1.64. The Hall–Kier alpha value is -0.900. The van der Waals surface area contributed by atoms with E-state index in [9.17, 15) is 0 Å². The lowest BCUT2D eigenvalue weighted by atomic mass is 10.1. The van der Waals surface area contributed by atoms with Gasteiger partial charge in [0.2, 0.25) is 0 Å². The summed E-state index contributed by atoms with van der Waals surface area (Å²) in [5, 5.41) is 0. The van der Waals surface area contributed by atoms with Crippen molar-refractivity contribution < 1.29 is 18.9 Å². The topological polar surface area (TPSA) is 36.9 Å². The zero-order valence-corrected chi connectivity index (χ0v) is 20.8. The number of hydrogen-bond donors (Lipinski definition) is 0. The van der Waals surface area contributed by atoms with E-state index >= 15 is 0 Å². The van der Waals surface area contributed by atoms with Crippen LogP contribution in [-0.2, 0) is 18.9 Å². The van der Waals surface area contributed by atoms with Gasteiger partial charge in [0, 0.05) is 13.5 Å². The van der Waals surface area contributed by atoms with Crippen LogP contribution in [-0.4, -0.2) is 27.1 Å². The maximum absolute atomic E-state index is 6.17. The molecule has 0 aliphatic rings. The number of ether oxygens (including phenoxy) is 4. The largest absolute Gasteiger partial charge is 0.491 e. The van der Waals surface area contributed by atoms with E-state index in [-0.39, 0.29) is 6.79 Å². The van der Waals surface area contributed by atoms with Gasteiger partial charge in [-0.15, -0.1) is 0 Å². The second-order valence-corrected chi connectivity index (χ2v) is 8.30. The molecule has 0 unspecified atom stereocenters. The molecule has 0 bridgehead atoms. The van der Waals surface area contributed by atoms with Gasteiger partial charge in [0.15, 0.2) is 12.6 Å². The predicted molar refractivity (Wildman–Crippen MR) is 127 cm³/mol. The number of unbranched alkanes of at least 4 members (excludes halogenated alkanes) is 13. The first kappa shape index (κ1) is 29.1. The summed E-state index contributed by atoms with van der Waals surface area (Å²) in [5.41, 5.74) is 0. The molecule has 0 heterocycles. The average Bonchev–Trinajstić information content (AvgIpc) is 2.76. The van der Waals surface area contributed by atoms with Crippen LogP contribution in [0.15, 0.2) is 11.7 Å². The van der Waals surface area contributed by atoms with Gasteiger partial charge in [0.1, 0.15) is 0 Å². The summed E-state index contributed by atoms with van der Waals surface area (Å²) >= 11 is 0. The van der Waals surface area contributed by atoms with Crippen molar-refractivity contribution in [2.24, 2.45) is 0 Å². The molecule has 0 amide bonds. The Bertz CT molecular complexity index is 368. The van der Waals surface area contributed by atoms with Crippen molar-refractivity contribution in [3.05, 3.63) is 11.7 Å². The van der Waals surface area contributed by atoms with Crippen molar-refractivity contribution in [2.75, 3.05) is 27.1 Å². The van der Waals surface area contributed by atoms with E-state index in [1.54, 1.807) is 7.11 Å². The van der Waals surface area contributed by atoms with Crippen molar-refractivity contribution in [3.8, 4) is 0 Å². The van der Waals surface area contributed by atoms with Crippen LogP contribution in [0.5, 0.6) is 0 Å². The Labute approximate surface area is 188 Å². The zero-order chi connectivity index (χ0) is 22.1. The highest BCUT2D eigenvalue weighted by atomic mass is 16.7. The van der Waals surface area contributed by atoms with Crippen molar-refractivity contribution >= 4 is 0 Å². The van der Waals surface area contributed by atoms with E-state index < -0.39 is 0 Å². The molecule has 0 saturated carbocycles. The van der Waals surface area contributed by atoms with Gasteiger partial charge >= 0.3 is 5.95 Å². The van der Waals surface area contributed by atoms with Gasteiger partial charge in [-0.05, 0) is 19.3 Å². The Kier molecular flexibility index (Phi) is 23.6. The minimum absolute atomic E-state index is 0.199. The van der Waals surface area contributed by atoms with E-state index in [0.717, 1.165) is 38.0 Å². The number of methoxy groups -OCH3 is 1. The molecule has 0 fully saturated rings. The standard InChI is InChI=1S/C26H52O4/c1-5-8-11-14-16-19-22-28-25(21-18-13-10-7-3)26(30-24-27-4)29-23-20-17-15-12-9-6-2/h5-24H2,1-4H3. The highest BCUT2D eigenvalue weighted by Gasteiger charge is 2.13. The van der Waals surface area contributed by atoms with Crippen molar-refractivity contribution in [3.63, 3.8) is 0 Å². The molecule has 0 spiro atoms. The fourth-order valence-electron chi connectivity index (χ4n) is 3.39. The molecule has 0 aliphatic carbocycles. The molecule has 0 N–H and O–H groups in total. The molecule has 0 aromatic heterocycles. The number of hydrogen-bond acceptors (Lipinski definition) is 4. The molecular formula is C26H52O4. The van der Waals surface area contributed by atoms with Crippen LogP contribution >= 0.6 is 0 Å². The third-order valence-electron chi connectivity index (χ3n) is 5.30. The first-order valence-corrected chi connectivity index (χ1v) is 12.9. The van der Waals surface area contributed by atoms with Crippen LogP contribution < -0.4 is 0 Å². The maximum Gasteiger partial charge on any atom is 0.321 e. The average molecular weight is 429 g/mol. The highest BCUT2D eigenvalue weighted by molar-refractivity contribution is 4.95. The first-order valence-electron chi connectivity index (χ1n) is 12.9. The van der Waals surface area contributed by atoms with Crippen LogP contribution in [0.2, 0.25) is 0 Å². The quantitative estimate of drug-likeness (QED) is 0.0877. The van der Waals surface area contributed by atoms with Crippen LogP contribution in [0.3, 0.4) is 0 Å². The minimum atomic E-state index is 0.199. The van der Waals surface area contributed by atoms with Gasteiger partial charge in [-0.2, -0.15) is 0 Å². The molecule has 0 saturated heterocycles. The smallest absolute Gasteiger partial charge is 0.321 e. The molecule has 30 heavy (non-hydrogen) atoms. The van der Waals surface area contributed by atoms with Gasteiger partial charge in [0.25, 0.3) is 0 Å². The summed E-state index contributed by atoms with van der Waals surface area (Å²) in [4.78, 5) is 0. The number of rotatable bonds is 24. The van der Waals surface area contributed by atoms with Gasteiger partial charge in [-0.3, -0.25) is 0 Å². The second-order valence-electron chi connectivity index (χ2n) is 8.30. The zero-order valence-electron chi connectivity index (χ0n) is 20.8. The van der Waals surface area contributed by atoms with Gasteiger partial charge in [0.05, 0.1) is 13.2 Å². The minimum Gasteiger partial charge on any atom is -0.491 e. The molecule has 0 aromatic carbocycles. The van der Waals surface area contributed by atoms with Gasteiger partial charge in [-0.1, -0.05) is 104 Å². The lowest BCUT2D eigenvalue weighted by molar-refractivity contribution is -0.0692. The first-order chi connectivity index (χ1) is 14.8. The molecule has 0 aromatic rings. The molecule has 0 atom stereocenters. The van der Waals surface area contributed by atoms with E-state index in [1.165, 1.54) is 83.5 Å². The Morgan fingerprint density at radius 1 is 0.500 bits per heavy atom. The second kappa shape index (κ2) is 24.4. The lowest BCUT2D eigenvalue weighted by Crippen LogP contribution is -2.09. The molecular weight excluding hydrogens is 376 g/mol. The third kappa shape index (κ3) is 19.1. The molecule has 0 aliphatic heterocycles. The van der Waals surface area contributed by atoms with Crippen LogP contribution in [0, 0.1) is 0 Å². The molecule has 4 nitrogen and oxygen atoms in total. The van der Waals surface area contributed by atoms with Crippen molar-refractivity contribution in [1.82, 2.24) is 0 Å². The summed E-state index contributed by atoms with van der Waals surface area (Å²) in [6.45, 7) is 8.37. The summed E-state index contributed by atoms with van der Waals surface area (Å²) in [6.07, 6.45) is 20.8. The monoisotopic (exact) mass is 428 g/mol. The molecule has 0 rings (SSSR count). The number of allylic oxidation sites excluding steroid dienone is 1. The summed E-state index contributed by atoms with van der Waals surface area (Å²) in [5.74, 6) is 1.43. The van der Waals surface area contributed by atoms with Crippen LogP contribution in [0.25, 0.3) is 0 Å². The Morgan fingerprint density at radius 2 is 0.967 bits per heavy atom. The van der Waals surface area contributed by atoms with E-state index in [1.807, 2.05) is 0 Å². The molecule has 4 heteroatoms. The Balaban J connectivity index is 4.57. The maximum atomic E-state index is 6.17. The molecule has 0 radical (unpaired) electrons. The summed E-state index contributed by atoms with van der Waals surface area (Å²) in [6, 6.07) is 0. The van der Waals surface area contributed by atoms with Crippen LogP contribution in [0.1, 0.15) is 130 Å². The lowest BCUT2D eigenvalue weighted by Gasteiger charge is -2.17. The normalized spacial score (nSPS) is 12.0. The van der Waals surface area contributed by atoms with Crippen molar-refractivity contribution in [1.29, 1.82) is 0 Å². The highest BCUT2D eigenvalue weighted by Crippen LogP contribution is 2.20. The van der Waals surface area contributed by atoms with Gasteiger partial charge < -0.3 is 18.9 Å². The fraction of sp³-hybridized carbons (Fsp3) is 0.923. The van der Waals surface area contributed by atoms with E-state index in [4.69, 9.17) is 18.9 Å². The SMILES string of the molecule is CCCCCCCCOC(CCCCCC)=C(OCCCCCCCC)OCOC. The fourth-order valence-corrected chi connectivity index (χ4v) is 3.39. The predicted octanol–water partition coefficient (Wildman–Crippen LogP) is 8.50. The van der Waals surface area contributed by atoms with E-state index in [2.05, 4.69) is 20.8 Å². The third-order valence-corrected chi connectivity index (χ3v) is 5.30. The van der Waals surface area contributed by atoms with Crippen molar-refractivity contribution in [2.45, 2.75) is 130 Å². The van der Waals surface area contributed by atoms with Crippen LogP contribution in [0.4, 0.5) is 0 Å². The molecule has 180 valence electrons. The Morgan fingerprint density at radius 3 is 1.50 bits per heavy atom.